The molecule has 1 atom stereocenters. The van der Waals surface area contributed by atoms with Crippen LogP contribution >= 0.6 is 0 Å². The van der Waals surface area contributed by atoms with Gasteiger partial charge in [-0.25, -0.2) is 0 Å². The maximum atomic E-state index is 10.7. The van der Waals surface area contributed by atoms with E-state index in [1.54, 1.807) is 0 Å². The Morgan fingerprint density at radius 1 is 1.31 bits per heavy atom. The minimum atomic E-state index is -0.258. The predicted molar refractivity (Wildman–Crippen MR) is 60.5 cm³/mol. The van der Waals surface area contributed by atoms with Crippen molar-refractivity contribution < 1.29 is 26.8 Å². The van der Waals surface area contributed by atoms with Gasteiger partial charge in [-0.3, -0.25) is 4.79 Å². The fraction of sp³-hybridized carbons (Fsp3) is 0.750. The van der Waals surface area contributed by atoms with Gasteiger partial charge < -0.3 is 22.0 Å². The van der Waals surface area contributed by atoms with Crippen molar-refractivity contribution in [2.75, 3.05) is 19.6 Å². The highest BCUT2D eigenvalue weighted by Crippen LogP contribution is 1.95. The van der Waals surface area contributed by atoms with Crippen molar-refractivity contribution >= 4 is 5.97 Å². The lowest BCUT2D eigenvalue weighted by atomic mass is 10.3. The van der Waals surface area contributed by atoms with Gasteiger partial charge in [0.25, 0.3) is 0 Å². The van der Waals surface area contributed by atoms with Gasteiger partial charge in [-0.15, -0.1) is 0 Å². The summed E-state index contributed by atoms with van der Waals surface area (Å²) in [4.78, 5) is 12.2. The smallest absolute Gasteiger partial charge is 0.303 e. The number of rotatable bonds is 5. The van der Waals surface area contributed by atoms with Crippen molar-refractivity contribution in [3.05, 3.63) is 0 Å². The van der Waals surface area contributed by atoms with Gasteiger partial charge in [0.2, 0.25) is 0 Å². The molecule has 1 N–H and O–H groups in total. The Kier molecular flexibility index (Phi) is 11.9. The normalized spacial score (nSPS) is 11.1. The molecule has 1 unspecified atom stereocenters. The standard InChI is InChI=1S/C12H21NO2.ClH/c1-5-12(15-11(4)14)9-8-10-13(6-2)7-3;/h12H,5-7,10H2,1-4H3;1H. The van der Waals surface area contributed by atoms with Gasteiger partial charge in [-0.05, 0) is 26.2 Å². The molecule has 0 saturated heterocycles. The lowest BCUT2D eigenvalue weighted by molar-refractivity contribution is -0.889. The van der Waals surface area contributed by atoms with E-state index in [4.69, 9.17) is 4.74 Å². The minimum absolute atomic E-state index is 0. The van der Waals surface area contributed by atoms with Crippen LogP contribution in [0.5, 0.6) is 0 Å². The van der Waals surface area contributed by atoms with Gasteiger partial charge in [0.1, 0.15) is 6.54 Å². The topological polar surface area (TPSA) is 30.7 Å². The van der Waals surface area contributed by atoms with Crippen molar-refractivity contribution in [1.82, 2.24) is 0 Å². The summed E-state index contributed by atoms with van der Waals surface area (Å²) in [6, 6.07) is 0. The van der Waals surface area contributed by atoms with Crippen LogP contribution in [0.15, 0.2) is 0 Å². The second-order valence-electron chi connectivity index (χ2n) is 3.46. The molecule has 0 spiro atoms. The summed E-state index contributed by atoms with van der Waals surface area (Å²) >= 11 is 0. The maximum absolute atomic E-state index is 10.7. The number of esters is 1. The van der Waals surface area contributed by atoms with Crippen molar-refractivity contribution in [2.45, 2.75) is 40.2 Å². The molecule has 0 amide bonds. The zero-order valence-electron chi connectivity index (χ0n) is 10.6. The van der Waals surface area contributed by atoms with Crippen LogP contribution in [0.3, 0.4) is 0 Å². The summed E-state index contributed by atoms with van der Waals surface area (Å²) in [5, 5.41) is 0. The first-order valence-electron chi connectivity index (χ1n) is 5.63. The molecule has 0 bridgehead atoms. The predicted octanol–water partition coefficient (Wildman–Crippen LogP) is -2.74. The monoisotopic (exact) mass is 247 g/mol. The van der Waals surface area contributed by atoms with Crippen LogP contribution < -0.4 is 17.3 Å². The molecule has 0 aromatic carbocycles. The molecule has 0 aliphatic rings. The van der Waals surface area contributed by atoms with Crippen molar-refractivity contribution in [1.29, 1.82) is 0 Å². The Bertz CT molecular complexity index is 241. The van der Waals surface area contributed by atoms with E-state index in [1.165, 1.54) is 11.8 Å². The largest absolute Gasteiger partial charge is 1.00 e. The molecule has 4 heteroatoms. The van der Waals surface area contributed by atoms with Crippen LogP contribution in [0.2, 0.25) is 0 Å². The third-order valence-electron chi connectivity index (χ3n) is 2.28. The van der Waals surface area contributed by atoms with E-state index in [9.17, 15) is 4.79 Å². The third-order valence-corrected chi connectivity index (χ3v) is 2.28. The van der Waals surface area contributed by atoms with Gasteiger partial charge in [0, 0.05) is 6.92 Å². The maximum Gasteiger partial charge on any atom is 0.303 e. The molecule has 0 aliphatic carbocycles. The zero-order valence-corrected chi connectivity index (χ0v) is 11.4. The van der Waals surface area contributed by atoms with Crippen LogP contribution in [-0.2, 0) is 9.53 Å². The van der Waals surface area contributed by atoms with Gasteiger partial charge in [-0.1, -0.05) is 12.8 Å². The molecule has 94 valence electrons. The molecule has 0 heterocycles. The van der Waals surface area contributed by atoms with Crippen LogP contribution in [0, 0.1) is 11.8 Å². The highest BCUT2D eigenvalue weighted by Gasteiger charge is 2.05. The number of quaternary nitrogens is 1. The Hall–Kier alpha value is -0.720. The second kappa shape index (κ2) is 10.8. The van der Waals surface area contributed by atoms with Crippen molar-refractivity contribution in [3.63, 3.8) is 0 Å². The van der Waals surface area contributed by atoms with E-state index in [0.717, 1.165) is 26.1 Å². The number of carbonyl (C=O) groups is 1. The van der Waals surface area contributed by atoms with Crippen LogP contribution in [0.25, 0.3) is 0 Å². The lowest BCUT2D eigenvalue weighted by Crippen LogP contribution is -3.11. The molecular weight excluding hydrogens is 226 g/mol. The quantitative estimate of drug-likeness (QED) is 0.422. The number of halogens is 1. The van der Waals surface area contributed by atoms with Crippen LogP contribution in [-0.4, -0.2) is 31.7 Å². The van der Waals surface area contributed by atoms with E-state index in [1.807, 2.05) is 6.92 Å². The fourth-order valence-corrected chi connectivity index (χ4v) is 1.21. The number of hydrogen-bond donors (Lipinski definition) is 1. The summed E-state index contributed by atoms with van der Waals surface area (Å²) in [5.74, 6) is 5.81. The molecular formula is C12H22ClNO2. The Labute approximate surface area is 105 Å². The molecule has 3 nitrogen and oxygen atoms in total. The first-order chi connectivity index (χ1) is 7.13. The lowest BCUT2D eigenvalue weighted by Gasteiger charge is -2.11. The zero-order chi connectivity index (χ0) is 11.7. The number of hydrogen-bond acceptors (Lipinski definition) is 2. The average molecular weight is 248 g/mol. The molecule has 0 saturated carbocycles. The van der Waals surface area contributed by atoms with Crippen LogP contribution in [0.1, 0.15) is 34.1 Å². The summed E-state index contributed by atoms with van der Waals surface area (Å²) < 4.78 is 5.03. The molecule has 0 fully saturated rings. The second-order valence-corrected chi connectivity index (χ2v) is 3.46. The highest BCUT2D eigenvalue weighted by molar-refractivity contribution is 5.66. The van der Waals surface area contributed by atoms with Crippen LogP contribution in [0.4, 0.5) is 0 Å². The van der Waals surface area contributed by atoms with Gasteiger partial charge >= 0.3 is 5.97 Å². The first kappa shape index (κ1) is 17.7. The van der Waals surface area contributed by atoms with E-state index >= 15 is 0 Å². The van der Waals surface area contributed by atoms with E-state index in [-0.39, 0.29) is 24.5 Å². The Morgan fingerprint density at radius 2 is 1.88 bits per heavy atom. The van der Waals surface area contributed by atoms with Crippen molar-refractivity contribution in [2.24, 2.45) is 0 Å². The molecule has 0 aromatic rings. The fourth-order valence-electron chi connectivity index (χ4n) is 1.21. The molecule has 16 heavy (non-hydrogen) atoms. The van der Waals surface area contributed by atoms with E-state index < -0.39 is 0 Å². The SMILES string of the molecule is CCC(C#CC[NH+](CC)CC)OC(C)=O.[Cl-]. The summed E-state index contributed by atoms with van der Waals surface area (Å²) in [6.45, 7) is 10.6. The Balaban J connectivity index is 0. The minimum Gasteiger partial charge on any atom is -1.00 e. The highest BCUT2D eigenvalue weighted by atomic mass is 35.5. The van der Waals surface area contributed by atoms with E-state index in [2.05, 4.69) is 25.7 Å². The first-order valence-corrected chi connectivity index (χ1v) is 5.63. The van der Waals surface area contributed by atoms with E-state index in [0.29, 0.717) is 0 Å². The van der Waals surface area contributed by atoms with Gasteiger partial charge in [0.15, 0.2) is 6.10 Å². The van der Waals surface area contributed by atoms with Gasteiger partial charge in [-0.2, -0.15) is 0 Å². The molecule has 0 aliphatic heterocycles. The third kappa shape index (κ3) is 8.58. The number of nitrogens with one attached hydrogen (secondary N) is 1. The summed E-state index contributed by atoms with van der Waals surface area (Å²) in [6.07, 6.45) is 0.512. The molecule has 0 rings (SSSR count). The number of carbonyl (C=O) groups excluding carboxylic acids is 1. The molecule has 0 aromatic heterocycles. The number of ether oxygens (including phenoxy) is 1. The average Bonchev–Trinajstić information content (AvgIpc) is 2.22. The summed E-state index contributed by atoms with van der Waals surface area (Å²) in [7, 11) is 0. The summed E-state index contributed by atoms with van der Waals surface area (Å²) in [5.41, 5.74) is 0. The Morgan fingerprint density at radius 3 is 2.25 bits per heavy atom. The van der Waals surface area contributed by atoms with Gasteiger partial charge in [0.05, 0.1) is 13.1 Å². The molecule has 0 radical (unpaired) electrons. The van der Waals surface area contributed by atoms with Crippen molar-refractivity contribution in [3.8, 4) is 11.8 Å².